The Balaban J connectivity index is 1.33. The molecule has 1 aliphatic heterocycles. The summed E-state index contributed by atoms with van der Waals surface area (Å²) < 4.78 is 11.1. The van der Waals surface area contributed by atoms with Crippen LogP contribution in [0.3, 0.4) is 0 Å². The summed E-state index contributed by atoms with van der Waals surface area (Å²) >= 11 is 0. The molecular formula is C19H29N3O2. The predicted molar refractivity (Wildman–Crippen MR) is 96.6 cm³/mol. The van der Waals surface area contributed by atoms with E-state index in [2.05, 4.69) is 46.8 Å². The summed E-state index contributed by atoms with van der Waals surface area (Å²) in [5.41, 5.74) is 2.83. The number of nitrogens with zero attached hydrogens (tertiary/aromatic N) is 1. The second kappa shape index (κ2) is 8.49. The molecule has 0 aromatic heterocycles. The average molecular weight is 331 g/mol. The molecule has 1 saturated carbocycles. The first-order chi connectivity index (χ1) is 11.8. The SMILES string of the molecule is CN=C(NCCCOC1CCOC1)NC1CC1c1ccccc1C. The molecule has 0 radical (unpaired) electrons. The molecule has 1 aromatic rings. The van der Waals surface area contributed by atoms with Gasteiger partial charge in [-0.2, -0.15) is 0 Å². The summed E-state index contributed by atoms with van der Waals surface area (Å²) in [5, 5.41) is 6.91. The number of rotatable bonds is 7. The monoisotopic (exact) mass is 331 g/mol. The zero-order valence-corrected chi connectivity index (χ0v) is 14.8. The highest BCUT2D eigenvalue weighted by molar-refractivity contribution is 5.80. The number of guanidine groups is 1. The van der Waals surface area contributed by atoms with Crippen LogP contribution in [-0.4, -0.2) is 51.5 Å². The Hall–Kier alpha value is -1.59. The summed E-state index contributed by atoms with van der Waals surface area (Å²) in [6.07, 6.45) is 3.47. The van der Waals surface area contributed by atoms with Crippen molar-refractivity contribution >= 4 is 5.96 Å². The van der Waals surface area contributed by atoms with Gasteiger partial charge in [-0.3, -0.25) is 4.99 Å². The fourth-order valence-electron chi connectivity index (χ4n) is 3.24. The van der Waals surface area contributed by atoms with Crippen molar-refractivity contribution in [3.63, 3.8) is 0 Å². The van der Waals surface area contributed by atoms with Crippen molar-refractivity contribution in [2.45, 2.75) is 44.2 Å². The minimum Gasteiger partial charge on any atom is -0.379 e. The Morgan fingerprint density at radius 2 is 2.25 bits per heavy atom. The van der Waals surface area contributed by atoms with Gasteiger partial charge in [-0.05, 0) is 37.3 Å². The van der Waals surface area contributed by atoms with Crippen LogP contribution in [0.1, 0.15) is 36.3 Å². The van der Waals surface area contributed by atoms with E-state index in [1.54, 1.807) is 0 Å². The molecule has 0 amide bonds. The number of ether oxygens (including phenoxy) is 2. The normalized spacial score (nSPS) is 26.4. The average Bonchev–Trinajstić information content (AvgIpc) is 3.14. The van der Waals surface area contributed by atoms with Gasteiger partial charge in [0.2, 0.25) is 0 Å². The molecule has 1 saturated heterocycles. The molecule has 3 unspecified atom stereocenters. The first kappa shape index (κ1) is 17.2. The summed E-state index contributed by atoms with van der Waals surface area (Å²) in [7, 11) is 1.83. The van der Waals surface area contributed by atoms with Gasteiger partial charge in [0, 0.05) is 38.8 Å². The van der Waals surface area contributed by atoms with Gasteiger partial charge >= 0.3 is 0 Å². The molecule has 3 rings (SSSR count). The van der Waals surface area contributed by atoms with Crippen molar-refractivity contribution in [1.82, 2.24) is 10.6 Å². The third kappa shape index (κ3) is 4.71. The number of aryl methyl sites for hydroxylation is 1. The highest BCUT2D eigenvalue weighted by Crippen LogP contribution is 2.41. The Kier molecular flexibility index (Phi) is 6.10. The van der Waals surface area contributed by atoms with Crippen LogP contribution >= 0.6 is 0 Å². The summed E-state index contributed by atoms with van der Waals surface area (Å²) in [4.78, 5) is 4.33. The third-order valence-electron chi connectivity index (χ3n) is 4.78. The van der Waals surface area contributed by atoms with E-state index in [4.69, 9.17) is 9.47 Å². The fraction of sp³-hybridized carbons (Fsp3) is 0.632. The van der Waals surface area contributed by atoms with Crippen molar-refractivity contribution in [2.24, 2.45) is 4.99 Å². The van der Waals surface area contributed by atoms with Crippen LogP contribution in [-0.2, 0) is 9.47 Å². The molecule has 5 heteroatoms. The summed E-state index contributed by atoms with van der Waals surface area (Å²) in [5.74, 6) is 1.50. The Morgan fingerprint density at radius 3 is 3.00 bits per heavy atom. The van der Waals surface area contributed by atoms with Crippen LogP contribution in [0.15, 0.2) is 29.3 Å². The third-order valence-corrected chi connectivity index (χ3v) is 4.78. The van der Waals surface area contributed by atoms with Gasteiger partial charge in [-0.25, -0.2) is 0 Å². The zero-order valence-electron chi connectivity index (χ0n) is 14.8. The zero-order chi connectivity index (χ0) is 16.8. The number of aliphatic imine (C=N–C) groups is 1. The predicted octanol–water partition coefficient (Wildman–Crippen LogP) is 2.21. The minimum atomic E-state index is 0.295. The molecule has 132 valence electrons. The molecule has 1 heterocycles. The van der Waals surface area contributed by atoms with Gasteiger partial charge in [0.25, 0.3) is 0 Å². The summed E-state index contributed by atoms with van der Waals surface area (Å²) in [6, 6.07) is 9.14. The van der Waals surface area contributed by atoms with E-state index in [9.17, 15) is 0 Å². The van der Waals surface area contributed by atoms with Gasteiger partial charge in [0.15, 0.2) is 5.96 Å². The van der Waals surface area contributed by atoms with E-state index in [1.807, 2.05) is 7.05 Å². The van der Waals surface area contributed by atoms with Crippen LogP contribution in [0.5, 0.6) is 0 Å². The first-order valence-electron chi connectivity index (χ1n) is 9.00. The second-order valence-corrected chi connectivity index (χ2v) is 6.66. The quantitative estimate of drug-likeness (QED) is 0.457. The molecule has 2 N–H and O–H groups in total. The number of hydrogen-bond donors (Lipinski definition) is 2. The van der Waals surface area contributed by atoms with E-state index in [-0.39, 0.29) is 0 Å². The van der Waals surface area contributed by atoms with Gasteiger partial charge in [-0.1, -0.05) is 24.3 Å². The molecule has 0 spiro atoms. The molecule has 1 aliphatic carbocycles. The Labute approximate surface area is 144 Å². The lowest BCUT2D eigenvalue weighted by molar-refractivity contribution is 0.0420. The van der Waals surface area contributed by atoms with Crippen molar-refractivity contribution in [2.75, 3.05) is 33.4 Å². The summed E-state index contributed by atoms with van der Waals surface area (Å²) in [6.45, 7) is 5.41. The van der Waals surface area contributed by atoms with Gasteiger partial charge < -0.3 is 20.1 Å². The molecule has 3 atom stereocenters. The van der Waals surface area contributed by atoms with Crippen molar-refractivity contribution in [3.8, 4) is 0 Å². The van der Waals surface area contributed by atoms with Gasteiger partial charge in [-0.15, -0.1) is 0 Å². The largest absolute Gasteiger partial charge is 0.379 e. The molecule has 2 aliphatic rings. The maximum absolute atomic E-state index is 5.77. The van der Waals surface area contributed by atoms with E-state index in [0.29, 0.717) is 18.1 Å². The van der Waals surface area contributed by atoms with Crippen molar-refractivity contribution in [3.05, 3.63) is 35.4 Å². The smallest absolute Gasteiger partial charge is 0.191 e. The van der Waals surface area contributed by atoms with E-state index in [0.717, 1.165) is 45.2 Å². The molecule has 0 bridgehead atoms. The van der Waals surface area contributed by atoms with Gasteiger partial charge in [0.05, 0.1) is 12.7 Å². The van der Waals surface area contributed by atoms with Gasteiger partial charge in [0.1, 0.15) is 0 Å². The number of hydrogen-bond acceptors (Lipinski definition) is 3. The molecule has 2 fully saturated rings. The fourth-order valence-corrected chi connectivity index (χ4v) is 3.24. The van der Waals surface area contributed by atoms with Crippen molar-refractivity contribution in [1.29, 1.82) is 0 Å². The molecular weight excluding hydrogens is 302 g/mol. The van der Waals surface area contributed by atoms with Crippen LogP contribution in [0, 0.1) is 6.92 Å². The maximum atomic E-state index is 5.77. The topological polar surface area (TPSA) is 54.9 Å². The van der Waals surface area contributed by atoms with Crippen molar-refractivity contribution < 1.29 is 9.47 Å². The minimum absolute atomic E-state index is 0.295. The molecule has 5 nitrogen and oxygen atoms in total. The highest BCUT2D eigenvalue weighted by atomic mass is 16.5. The number of nitrogens with one attached hydrogen (secondary N) is 2. The van der Waals surface area contributed by atoms with Crippen LogP contribution in [0.4, 0.5) is 0 Å². The standard InChI is InChI=1S/C19H29N3O2/c1-14-6-3-4-7-16(14)17-12-18(17)22-19(20-2)21-9-5-10-24-15-8-11-23-13-15/h3-4,6-7,15,17-18H,5,8-13H2,1-2H3,(H2,20,21,22). The van der Waals surface area contributed by atoms with Crippen LogP contribution in [0.2, 0.25) is 0 Å². The highest BCUT2D eigenvalue weighted by Gasteiger charge is 2.39. The Bertz CT molecular complexity index is 555. The molecule has 1 aromatic carbocycles. The lowest BCUT2D eigenvalue weighted by atomic mass is 10.0. The van der Waals surface area contributed by atoms with E-state index in [1.165, 1.54) is 17.5 Å². The van der Waals surface area contributed by atoms with Crippen LogP contribution in [0.25, 0.3) is 0 Å². The van der Waals surface area contributed by atoms with E-state index >= 15 is 0 Å². The van der Waals surface area contributed by atoms with Crippen LogP contribution < -0.4 is 10.6 Å². The molecule has 24 heavy (non-hydrogen) atoms. The first-order valence-corrected chi connectivity index (χ1v) is 9.00. The second-order valence-electron chi connectivity index (χ2n) is 6.66. The number of benzene rings is 1. The lowest BCUT2D eigenvalue weighted by Gasteiger charge is -2.13. The van der Waals surface area contributed by atoms with E-state index < -0.39 is 0 Å². The Morgan fingerprint density at radius 1 is 1.38 bits per heavy atom. The maximum Gasteiger partial charge on any atom is 0.191 e. The lowest BCUT2D eigenvalue weighted by Crippen LogP contribution is -2.39.